The van der Waals surface area contributed by atoms with E-state index in [4.69, 9.17) is 0 Å². The van der Waals surface area contributed by atoms with Gasteiger partial charge in [-0.25, -0.2) is 4.98 Å². The predicted octanol–water partition coefficient (Wildman–Crippen LogP) is 2.15. The Morgan fingerprint density at radius 2 is 2.35 bits per heavy atom. The van der Waals surface area contributed by atoms with Crippen molar-refractivity contribution in [2.24, 2.45) is 5.92 Å². The number of likely N-dealkylation sites (tertiary alicyclic amines) is 1. The molecule has 2 aromatic rings. The van der Waals surface area contributed by atoms with Crippen molar-refractivity contribution in [3.05, 3.63) is 42.7 Å². The monoisotopic (exact) mass is 271 g/mol. The van der Waals surface area contributed by atoms with E-state index in [0.29, 0.717) is 12.0 Å². The number of aromatic nitrogens is 4. The number of hydrogen-bond acceptors (Lipinski definition) is 4. The van der Waals surface area contributed by atoms with Gasteiger partial charge in [-0.15, -0.1) is 0 Å². The molecule has 2 atom stereocenters. The average Bonchev–Trinajstić information content (AvgIpc) is 3.01. The summed E-state index contributed by atoms with van der Waals surface area (Å²) in [5, 5.41) is 4.22. The number of rotatable bonds is 4. The van der Waals surface area contributed by atoms with E-state index in [1.165, 1.54) is 24.9 Å². The van der Waals surface area contributed by atoms with Crippen LogP contribution in [-0.2, 0) is 6.54 Å². The Kier molecular flexibility index (Phi) is 4.06. The zero-order valence-electron chi connectivity index (χ0n) is 11.9. The smallest absolute Gasteiger partial charge is 0.137 e. The summed E-state index contributed by atoms with van der Waals surface area (Å²) >= 11 is 0. The van der Waals surface area contributed by atoms with E-state index in [1.807, 2.05) is 29.5 Å². The zero-order valence-corrected chi connectivity index (χ0v) is 11.9. The van der Waals surface area contributed by atoms with Gasteiger partial charge in [0.25, 0.3) is 0 Å². The van der Waals surface area contributed by atoms with Crippen molar-refractivity contribution in [1.82, 2.24) is 24.6 Å². The van der Waals surface area contributed by atoms with Gasteiger partial charge in [0.2, 0.25) is 0 Å². The zero-order chi connectivity index (χ0) is 13.8. The van der Waals surface area contributed by atoms with Crippen LogP contribution in [-0.4, -0.2) is 37.7 Å². The van der Waals surface area contributed by atoms with Gasteiger partial charge in [-0.1, -0.05) is 6.07 Å². The lowest BCUT2D eigenvalue weighted by Gasteiger charge is -2.36. The van der Waals surface area contributed by atoms with Crippen molar-refractivity contribution < 1.29 is 0 Å². The second-order valence-electron chi connectivity index (χ2n) is 5.58. The van der Waals surface area contributed by atoms with E-state index in [-0.39, 0.29) is 0 Å². The molecule has 0 amide bonds. The summed E-state index contributed by atoms with van der Waals surface area (Å²) < 4.78 is 1.95. The standard InChI is InChI=1S/C15H21N5/c1-13(15-5-2-6-16-8-15)19-7-3-4-14(9-19)10-20-12-17-11-18-20/h2,5-6,8,11-14H,3-4,7,9-10H2,1H3/t13-,14+/m1/s1. The molecule has 1 aliphatic heterocycles. The first-order valence-electron chi connectivity index (χ1n) is 7.29. The van der Waals surface area contributed by atoms with Crippen molar-refractivity contribution in [3.8, 4) is 0 Å². The van der Waals surface area contributed by atoms with E-state index < -0.39 is 0 Å². The Morgan fingerprint density at radius 3 is 3.10 bits per heavy atom. The van der Waals surface area contributed by atoms with Crippen LogP contribution in [0.15, 0.2) is 37.2 Å². The van der Waals surface area contributed by atoms with Crippen molar-refractivity contribution in [3.63, 3.8) is 0 Å². The molecular formula is C15H21N5. The van der Waals surface area contributed by atoms with Gasteiger partial charge in [-0.3, -0.25) is 14.6 Å². The average molecular weight is 271 g/mol. The molecule has 106 valence electrons. The van der Waals surface area contributed by atoms with Crippen LogP contribution in [0.25, 0.3) is 0 Å². The van der Waals surface area contributed by atoms with Gasteiger partial charge in [0, 0.05) is 31.5 Å². The van der Waals surface area contributed by atoms with Crippen LogP contribution in [0.2, 0.25) is 0 Å². The van der Waals surface area contributed by atoms with Gasteiger partial charge in [-0.05, 0) is 43.9 Å². The minimum absolute atomic E-state index is 0.433. The Hall–Kier alpha value is -1.75. The Labute approximate surface area is 119 Å². The Morgan fingerprint density at radius 1 is 1.40 bits per heavy atom. The first-order chi connectivity index (χ1) is 9.83. The lowest BCUT2D eigenvalue weighted by atomic mass is 9.95. The summed E-state index contributed by atoms with van der Waals surface area (Å²) in [6, 6.07) is 4.61. The van der Waals surface area contributed by atoms with Crippen molar-refractivity contribution in [1.29, 1.82) is 0 Å². The minimum atomic E-state index is 0.433. The molecule has 3 heterocycles. The molecule has 0 N–H and O–H groups in total. The normalized spacial score (nSPS) is 21.8. The van der Waals surface area contributed by atoms with E-state index in [0.717, 1.165) is 13.1 Å². The Bertz CT molecular complexity index is 510. The minimum Gasteiger partial charge on any atom is -0.296 e. The highest BCUT2D eigenvalue weighted by atomic mass is 15.3. The highest BCUT2D eigenvalue weighted by Crippen LogP contribution is 2.26. The summed E-state index contributed by atoms with van der Waals surface area (Å²) in [5.41, 5.74) is 1.30. The first kappa shape index (κ1) is 13.2. The quantitative estimate of drug-likeness (QED) is 0.855. The van der Waals surface area contributed by atoms with Crippen LogP contribution < -0.4 is 0 Å². The fourth-order valence-corrected chi connectivity index (χ4v) is 3.02. The van der Waals surface area contributed by atoms with Crippen LogP contribution in [0.4, 0.5) is 0 Å². The predicted molar refractivity (Wildman–Crippen MR) is 77.0 cm³/mol. The van der Waals surface area contributed by atoms with Gasteiger partial charge in [0.1, 0.15) is 12.7 Å². The molecule has 1 saturated heterocycles. The fraction of sp³-hybridized carbons (Fsp3) is 0.533. The SMILES string of the molecule is C[C@H](c1cccnc1)N1CCC[C@H](Cn2cncn2)C1. The molecule has 0 aliphatic carbocycles. The van der Waals surface area contributed by atoms with Gasteiger partial charge >= 0.3 is 0 Å². The van der Waals surface area contributed by atoms with Crippen molar-refractivity contribution in [2.45, 2.75) is 32.4 Å². The lowest BCUT2D eigenvalue weighted by molar-refractivity contribution is 0.120. The highest BCUT2D eigenvalue weighted by Gasteiger charge is 2.24. The third-order valence-electron chi connectivity index (χ3n) is 4.18. The maximum atomic E-state index is 4.23. The van der Waals surface area contributed by atoms with E-state index in [9.17, 15) is 0 Å². The van der Waals surface area contributed by atoms with Gasteiger partial charge < -0.3 is 0 Å². The third-order valence-corrected chi connectivity index (χ3v) is 4.18. The van der Waals surface area contributed by atoms with E-state index in [2.05, 4.69) is 33.0 Å². The Balaban J connectivity index is 1.63. The van der Waals surface area contributed by atoms with Crippen LogP contribution in [0.5, 0.6) is 0 Å². The molecule has 0 aromatic carbocycles. The molecule has 0 spiro atoms. The van der Waals surface area contributed by atoms with E-state index in [1.54, 1.807) is 6.33 Å². The molecule has 1 fully saturated rings. The maximum absolute atomic E-state index is 4.23. The number of nitrogens with zero attached hydrogens (tertiary/aromatic N) is 5. The molecule has 1 aliphatic rings. The van der Waals surface area contributed by atoms with Gasteiger partial charge in [0.05, 0.1) is 0 Å². The second-order valence-corrected chi connectivity index (χ2v) is 5.58. The molecule has 0 saturated carbocycles. The second kappa shape index (κ2) is 6.13. The number of pyridine rings is 1. The molecular weight excluding hydrogens is 250 g/mol. The molecule has 20 heavy (non-hydrogen) atoms. The van der Waals surface area contributed by atoms with Crippen molar-refractivity contribution >= 4 is 0 Å². The first-order valence-corrected chi connectivity index (χ1v) is 7.29. The molecule has 2 aromatic heterocycles. The molecule has 0 radical (unpaired) electrons. The number of piperidine rings is 1. The molecule has 3 rings (SSSR count). The van der Waals surface area contributed by atoms with Gasteiger partial charge in [-0.2, -0.15) is 5.10 Å². The topological polar surface area (TPSA) is 46.8 Å². The fourth-order valence-electron chi connectivity index (χ4n) is 3.02. The van der Waals surface area contributed by atoms with Crippen LogP contribution in [0.3, 0.4) is 0 Å². The summed E-state index contributed by atoms with van der Waals surface area (Å²) in [6.45, 7) is 5.53. The summed E-state index contributed by atoms with van der Waals surface area (Å²) in [5.74, 6) is 0.657. The molecule has 0 bridgehead atoms. The molecule has 5 nitrogen and oxygen atoms in total. The summed E-state index contributed by atoms with van der Waals surface area (Å²) in [6.07, 6.45) is 9.76. The van der Waals surface area contributed by atoms with Crippen LogP contribution in [0, 0.1) is 5.92 Å². The maximum Gasteiger partial charge on any atom is 0.137 e. The molecule has 5 heteroatoms. The summed E-state index contributed by atoms with van der Waals surface area (Å²) in [4.78, 5) is 10.8. The third kappa shape index (κ3) is 3.04. The number of hydrogen-bond donors (Lipinski definition) is 0. The summed E-state index contributed by atoms with van der Waals surface area (Å²) in [7, 11) is 0. The molecule has 0 unspecified atom stereocenters. The largest absolute Gasteiger partial charge is 0.296 e. The lowest BCUT2D eigenvalue weighted by Crippen LogP contribution is -2.38. The van der Waals surface area contributed by atoms with Gasteiger partial charge in [0.15, 0.2) is 0 Å². The van der Waals surface area contributed by atoms with E-state index >= 15 is 0 Å². The van der Waals surface area contributed by atoms with Crippen LogP contribution >= 0.6 is 0 Å². The highest BCUT2D eigenvalue weighted by molar-refractivity contribution is 5.13. The van der Waals surface area contributed by atoms with Crippen LogP contribution in [0.1, 0.15) is 31.4 Å². The van der Waals surface area contributed by atoms with Crippen molar-refractivity contribution in [2.75, 3.05) is 13.1 Å².